The fraction of sp³-hybridized carbons (Fsp3) is 0.300. The van der Waals surface area contributed by atoms with Gasteiger partial charge < -0.3 is 5.32 Å². The molecule has 1 aromatic carbocycles. The highest BCUT2D eigenvalue weighted by Crippen LogP contribution is 2.20. The predicted molar refractivity (Wildman–Crippen MR) is 105 cm³/mol. The number of anilines is 1. The molecule has 27 heavy (non-hydrogen) atoms. The highest BCUT2D eigenvalue weighted by molar-refractivity contribution is 5.91. The van der Waals surface area contributed by atoms with Gasteiger partial charge in [-0.2, -0.15) is 0 Å². The molecule has 0 saturated carbocycles. The molecule has 0 aliphatic rings. The Bertz CT molecular complexity index is 1140. The van der Waals surface area contributed by atoms with Crippen molar-refractivity contribution in [1.29, 1.82) is 0 Å². The lowest BCUT2D eigenvalue weighted by atomic mass is 10.00. The zero-order chi connectivity index (χ0) is 19.7. The van der Waals surface area contributed by atoms with Crippen LogP contribution in [0.3, 0.4) is 0 Å². The van der Waals surface area contributed by atoms with Crippen LogP contribution in [0.5, 0.6) is 0 Å². The van der Waals surface area contributed by atoms with E-state index in [2.05, 4.69) is 10.3 Å². The summed E-state index contributed by atoms with van der Waals surface area (Å²) in [4.78, 5) is 41.5. The number of para-hydroxylation sites is 1. The number of hydrogen-bond acceptors (Lipinski definition) is 4. The van der Waals surface area contributed by atoms with Gasteiger partial charge in [0.1, 0.15) is 5.65 Å². The van der Waals surface area contributed by atoms with Crippen LogP contribution in [0, 0.1) is 13.8 Å². The molecule has 1 amide bonds. The molecular weight excluding hydrogens is 344 g/mol. The van der Waals surface area contributed by atoms with Crippen molar-refractivity contribution in [2.45, 2.75) is 26.7 Å². The van der Waals surface area contributed by atoms with Crippen molar-refractivity contribution >= 4 is 22.6 Å². The summed E-state index contributed by atoms with van der Waals surface area (Å²) in [6, 6.07) is 9.26. The first kappa shape index (κ1) is 18.6. The third-order valence-corrected chi connectivity index (χ3v) is 4.83. The Morgan fingerprint density at radius 1 is 1.07 bits per heavy atom. The van der Waals surface area contributed by atoms with Gasteiger partial charge in [-0.1, -0.05) is 18.2 Å². The van der Waals surface area contributed by atoms with Crippen molar-refractivity contribution in [2.75, 3.05) is 5.32 Å². The molecule has 7 nitrogen and oxygen atoms in total. The minimum Gasteiger partial charge on any atom is -0.326 e. The van der Waals surface area contributed by atoms with Gasteiger partial charge in [0.15, 0.2) is 0 Å². The number of rotatable bonds is 4. The molecule has 0 spiro atoms. The summed E-state index contributed by atoms with van der Waals surface area (Å²) < 4.78 is 2.46. The SMILES string of the molecule is Cc1nc2c(c(C)c1CCC(=O)Nc1ccccc1)c(=O)n(C)c(=O)n2C. The zero-order valence-corrected chi connectivity index (χ0v) is 15.9. The third kappa shape index (κ3) is 3.40. The van der Waals surface area contributed by atoms with Crippen molar-refractivity contribution in [3.63, 3.8) is 0 Å². The number of amides is 1. The lowest BCUT2D eigenvalue weighted by Crippen LogP contribution is -2.38. The van der Waals surface area contributed by atoms with Crippen LogP contribution in [0.1, 0.15) is 23.2 Å². The molecule has 0 saturated heterocycles. The molecule has 2 aromatic heterocycles. The van der Waals surface area contributed by atoms with Crippen LogP contribution >= 0.6 is 0 Å². The molecule has 3 rings (SSSR count). The van der Waals surface area contributed by atoms with Crippen LogP contribution in [0.25, 0.3) is 11.0 Å². The number of carbonyl (C=O) groups excluding carboxylic acids is 1. The van der Waals surface area contributed by atoms with Crippen LogP contribution in [-0.4, -0.2) is 20.0 Å². The molecule has 140 valence electrons. The highest BCUT2D eigenvalue weighted by atomic mass is 16.2. The summed E-state index contributed by atoms with van der Waals surface area (Å²) in [6.45, 7) is 3.67. The number of aryl methyl sites for hydroxylation is 3. The maximum Gasteiger partial charge on any atom is 0.332 e. The Hall–Kier alpha value is -3.22. The molecule has 3 aromatic rings. The molecule has 0 unspecified atom stereocenters. The standard InChI is InChI=1S/C20H22N4O3/c1-12-15(10-11-16(25)22-14-8-6-5-7-9-14)13(2)21-18-17(12)19(26)24(4)20(27)23(18)3/h5-9H,10-11H2,1-4H3,(H,22,25). The minimum absolute atomic E-state index is 0.103. The minimum atomic E-state index is -0.409. The van der Waals surface area contributed by atoms with E-state index in [-0.39, 0.29) is 17.9 Å². The van der Waals surface area contributed by atoms with Crippen LogP contribution < -0.4 is 16.6 Å². The Balaban J connectivity index is 1.95. The zero-order valence-electron chi connectivity index (χ0n) is 15.9. The number of nitrogens with one attached hydrogen (secondary N) is 1. The molecule has 0 radical (unpaired) electrons. The van der Waals surface area contributed by atoms with E-state index in [0.29, 0.717) is 17.5 Å². The Kier molecular flexibility index (Phi) is 4.94. The summed E-state index contributed by atoms with van der Waals surface area (Å²) in [5, 5.41) is 3.27. The molecule has 0 aliphatic carbocycles. The Morgan fingerprint density at radius 2 is 1.74 bits per heavy atom. The largest absolute Gasteiger partial charge is 0.332 e. The van der Waals surface area contributed by atoms with Gasteiger partial charge in [0.25, 0.3) is 5.56 Å². The topological polar surface area (TPSA) is 86.0 Å². The summed E-state index contributed by atoms with van der Waals surface area (Å²) in [5.74, 6) is -0.103. The average Bonchev–Trinajstić information content (AvgIpc) is 2.64. The van der Waals surface area contributed by atoms with Gasteiger partial charge >= 0.3 is 5.69 Å². The second kappa shape index (κ2) is 7.19. The lowest BCUT2D eigenvalue weighted by Gasteiger charge is -2.14. The van der Waals surface area contributed by atoms with Crippen molar-refractivity contribution in [1.82, 2.24) is 14.1 Å². The Morgan fingerprint density at radius 3 is 2.41 bits per heavy atom. The number of hydrogen-bond donors (Lipinski definition) is 1. The second-order valence-corrected chi connectivity index (χ2v) is 6.62. The number of aromatic nitrogens is 3. The fourth-order valence-electron chi connectivity index (χ4n) is 3.29. The number of fused-ring (bicyclic) bond motifs is 1. The lowest BCUT2D eigenvalue weighted by molar-refractivity contribution is -0.116. The van der Waals surface area contributed by atoms with Crippen molar-refractivity contribution in [2.24, 2.45) is 14.1 Å². The van der Waals surface area contributed by atoms with Crippen molar-refractivity contribution in [3.05, 3.63) is 68.0 Å². The smallest absolute Gasteiger partial charge is 0.326 e. The van der Waals surface area contributed by atoms with E-state index in [9.17, 15) is 14.4 Å². The van der Waals surface area contributed by atoms with Crippen LogP contribution in [0.15, 0.2) is 39.9 Å². The third-order valence-electron chi connectivity index (χ3n) is 4.83. The fourth-order valence-corrected chi connectivity index (χ4v) is 3.29. The van der Waals surface area contributed by atoms with E-state index in [4.69, 9.17) is 0 Å². The number of carbonyl (C=O) groups is 1. The van der Waals surface area contributed by atoms with E-state index in [1.807, 2.05) is 44.2 Å². The monoisotopic (exact) mass is 366 g/mol. The van der Waals surface area contributed by atoms with Gasteiger partial charge in [0, 0.05) is 31.9 Å². The maximum atomic E-state index is 12.6. The molecule has 0 aliphatic heterocycles. The second-order valence-electron chi connectivity index (χ2n) is 6.62. The first-order valence-corrected chi connectivity index (χ1v) is 8.72. The van der Waals surface area contributed by atoms with Gasteiger partial charge in [-0.05, 0) is 43.5 Å². The van der Waals surface area contributed by atoms with Gasteiger partial charge in [-0.3, -0.25) is 18.7 Å². The molecule has 0 fully saturated rings. The van der Waals surface area contributed by atoms with Crippen molar-refractivity contribution < 1.29 is 4.79 Å². The van der Waals surface area contributed by atoms with Crippen LogP contribution in [-0.2, 0) is 25.3 Å². The molecule has 0 atom stereocenters. The van der Waals surface area contributed by atoms with E-state index < -0.39 is 5.69 Å². The number of nitrogens with zero attached hydrogens (tertiary/aromatic N) is 3. The van der Waals surface area contributed by atoms with E-state index in [1.165, 1.54) is 11.6 Å². The summed E-state index contributed by atoms with van der Waals surface area (Å²) in [5.41, 5.74) is 2.69. The molecule has 2 heterocycles. The maximum absolute atomic E-state index is 12.6. The molecule has 0 bridgehead atoms. The first-order valence-electron chi connectivity index (χ1n) is 8.72. The van der Waals surface area contributed by atoms with E-state index >= 15 is 0 Å². The van der Waals surface area contributed by atoms with Gasteiger partial charge in [0.2, 0.25) is 5.91 Å². The van der Waals surface area contributed by atoms with Crippen LogP contribution in [0.4, 0.5) is 5.69 Å². The highest BCUT2D eigenvalue weighted by Gasteiger charge is 2.17. The van der Waals surface area contributed by atoms with Crippen LogP contribution in [0.2, 0.25) is 0 Å². The normalized spacial score (nSPS) is 11.0. The Labute approximate surface area is 156 Å². The summed E-state index contributed by atoms with van der Waals surface area (Å²) in [6.07, 6.45) is 0.737. The average molecular weight is 366 g/mol. The van der Waals surface area contributed by atoms with Gasteiger partial charge in [0.05, 0.1) is 5.39 Å². The van der Waals surface area contributed by atoms with E-state index in [1.54, 1.807) is 7.05 Å². The molecule has 7 heteroatoms. The van der Waals surface area contributed by atoms with Gasteiger partial charge in [-0.15, -0.1) is 0 Å². The van der Waals surface area contributed by atoms with E-state index in [0.717, 1.165) is 27.1 Å². The predicted octanol–water partition coefficient (Wildman–Crippen LogP) is 1.82. The molecular formula is C20H22N4O3. The first-order chi connectivity index (χ1) is 12.8. The van der Waals surface area contributed by atoms with Crippen molar-refractivity contribution in [3.8, 4) is 0 Å². The number of benzene rings is 1. The quantitative estimate of drug-likeness (QED) is 0.763. The summed E-state index contributed by atoms with van der Waals surface area (Å²) >= 11 is 0. The summed E-state index contributed by atoms with van der Waals surface area (Å²) in [7, 11) is 3.05. The molecule has 1 N–H and O–H groups in total. The van der Waals surface area contributed by atoms with Gasteiger partial charge in [-0.25, -0.2) is 9.78 Å². The number of pyridine rings is 1.